The third-order valence-electron chi connectivity index (χ3n) is 6.06. The number of likely N-dealkylation sites (N-methyl/N-ethyl adjacent to an activating group) is 1. The fourth-order valence-corrected chi connectivity index (χ4v) is 5.10. The summed E-state index contributed by atoms with van der Waals surface area (Å²) in [6.45, 7) is 11.9. The summed E-state index contributed by atoms with van der Waals surface area (Å²) in [6.07, 6.45) is 11.8. The van der Waals surface area contributed by atoms with Crippen LogP contribution < -0.4 is 5.32 Å². The quantitative estimate of drug-likeness (QED) is 0.217. The zero-order valence-electron chi connectivity index (χ0n) is 20.1. The normalized spacial score (nSPS) is 12.7. The molecule has 0 saturated heterocycles. The molecule has 0 spiro atoms. The Balaban J connectivity index is 1.58. The second-order valence-corrected chi connectivity index (χ2v) is 9.67. The van der Waals surface area contributed by atoms with Crippen LogP contribution in [0, 0.1) is 6.92 Å². The van der Waals surface area contributed by atoms with Crippen molar-refractivity contribution in [3.05, 3.63) is 83.7 Å². The molecule has 0 aliphatic carbocycles. The number of aromatic nitrogens is 5. The first-order valence-electron chi connectivity index (χ1n) is 11.7. The van der Waals surface area contributed by atoms with Crippen molar-refractivity contribution in [2.24, 2.45) is 0 Å². The fourth-order valence-electron chi connectivity index (χ4n) is 4.21. The Labute approximate surface area is 208 Å². The summed E-state index contributed by atoms with van der Waals surface area (Å²) in [5.41, 5.74) is 7.94. The van der Waals surface area contributed by atoms with E-state index < -0.39 is 0 Å². The van der Waals surface area contributed by atoms with Crippen LogP contribution in [0.3, 0.4) is 0 Å². The second kappa shape index (κ2) is 9.82. The van der Waals surface area contributed by atoms with Gasteiger partial charge in [-0.3, -0.25) is 10.1 Å². The molecule has 176 valence electrons. The third kappa shape index (κ3) is 4.48. The van der Waals surface area contributed by atoms with E-state index in [1.54, 1.807) is 11.3 Å². The molecular formula is C28H28N6S. The van der Waals surface area contributed by atoms with Crippen LogP contribution in [-0.2, 0) is 0 Å². The van der Waals surface area contributed by atoms with E-state index in [1.165, 1.54) is 9.75 Å². The highest BCUT2D eigenvalue weighted by molar-refractivity contribution is 7.15. The lowest BCUT2D eigenvalue weighted by molar-refractivity contribution is 0.785. The van der Waals surface area contributed by atoms with Gasteiger partial charge in [0.1, 0.15) is 0 Å². The summed E-state index contributed by atoms with van der Waals surface area (Å²) in [6, 6.07) is 8.62. The van der Waals surface area contributed by atoms with Gasteiger partial charge < -0.3 is 10.3 Å². The number of aromatic amines is 2. The molecule has 35 heavy (non-hydrogen) atoms. The molecule has 5 rings (SSSR count). The van der Waals surface area contributed by atoms with Gasteiger partial charge >= 0.3 is 0 Å². The Morgan fingerprint density at radius 2 is 2.06 bits per heavy atom. The molecule has 6 nitrogen and oxygen atoms in total. The molecule has 3 N–H and O–H groups in total. The van der Waals surface area contributed by atoms with Crippen LogP contribution >= 0.6 is 11.3 Å². The van der Waals surface area contributed by atoms with Gasteiger partial charge in [-0.25, -0.2) is 4.98 Å². The molecular weight excluding hydrogens is 452 g/mol. The number of pyridine rings is 2. The third-order valence-corrected chi connectivity index (χ3v) is 7.09. The number of H-pyrrole nitrogens is 2. The molecule has 0 fully saturated rings. The van der Waals surface area contributed by atoms with Crippen molar-refractivity contribution in [3.8, 4) is 21.8 Å². The molecule has 0 atom stereocenters. The lowest BCUT2D eigenvalue weighted by atomic mass is 10.0. The molecule has 0 bridgehead atoms. The zero-order valence-corrected chi connectivity index (χ0v) is 21.0. The fraction of sp³-hybridized carbons (Fsp3) is 0.179. The summed E-state index contributed by atoms with van der Waals surface area (Å²) in [5, 5.41) is 13.1. The molecule has 5 heterocycles. The number of rotatable bonds is 8. The van der Waals surface area contributed by atoms with E-state index in [4.69, 9.17) is 0 Å². The highest BCUT2D eigenvalue weighted by atomic mass is 32.1. The van der Waals surface area contributed by atoms with Crippen molar-refractivity contribution in [2.75, 3.05) is 13.1 Å². The smallest absolute Gasteiger partial charge is 0.181 e. The lowest BCUT2D eigenvalue weighted by Gasteiger charge is -2.07. The molecule has 0 saturated carbocycles. The van der Waals surface area contributed by atoms with Crippen molar-refractivity contribution in [2.45, 2.75) is 20.8 Å². The molecule has 0 aliphatic rings. The summed E-state index contributed by atoms with van der Waals surface area (Å²) in [4.78, 5) is 15.1. The maximum Gasteiger partial charge on any atom is 0.181 e. The largest absolute Gasteiger partial charge is 0.352 e. The predicted octanol–water partition coefficient (Wildman–Crippen LogP) is 6.66. The Hall–Kier alpha value is -3.81. The molecule has 0 aliphatic heterocycles. The van der Waals surface area contributed by atoms with E-state index in [0.29, 0.717) is 5.65 Å². The van der Waals surface area contributed by atoms with E-state index in [1.807, 2.05) is 31.6 Å². The first-order chi connectivity index (χ1) is 17.1. The van der Waals surface area contributed by atoms with Crippen molar-refractivity contribution in [3.63, 3.8) is 0 Å². The highest BCUT2D eigenvalue weighted by Crippen LogP contribution is 2.36. The van der Waals surface area contributed by atoms with Gasteiger partial charge in [-0.05, 0) is 55.8 Å². The van der Waals surface area contributed by atoms with Crippen molar-refractivity contribution >= 4 is 38.8 Å². The minimum Gasteiger partial charge on any atom is -0.352 e. The average Bonchev–Trinajstić information content (AvgIpc) is 3.61. The molecule has 0 aromatic carbocycles. The van der Waals surface area contributed by atoms with E-state index in [0.717, 1.165) is 63.0 Å². The number of fused-ring (bicyclic) bond motifs is 2. The zero-order chi connectivity index (χ0) is 24.4. The van der Waals surface area contributed by atoms with E-state index >= 15 is 0 Å². The van der Waals surface area contributed by atoms with Crippen LogP contribution in [0.15, 0.2) is 73.2 Å². The summed E-state index contributed by atoms with van der Waals surface area (Å²) in [5.74, 6) is 0. The van der Waals surface area contributed by atoms with E-state index in [9.17, 15) is 0 Å². The SMILES string of the molecule is C=C/C(=C\C(=C/C)c1cnc2n[nH]c(-c3cc4c(-c5ccc(C)s5)cncc4[nH]3)c2c1)CNCC. The molecule has 0 radical (unpaired) electrons. The lowest BCUT2D eigenvalue weighted by Crippen LogP contribution is -2.15. The molecule has 0 amide bonds. The van der Waals surface area contributed by atoms with Gasteiger partial charge in [-0.2, -0.15) is 5.10 Å². The first-order valence-corrected chi connectivity index (χ1v) is 12.5. The first kappa shape index (κ1) is 23.0. The van der Waals surface area contributed by atoms with Crippen LogP contribution in [0.1, 0.15) is 24.3 Å². The monoisotopic (exact) mass is 480 g/mol. The predicted molar refractivity (Wildman–Crippen MR) is 148 cm³/mol. The van der Waals surface area contributed by atoms with Crippen LogP contribution in [0.2, 0.25) is 0 Å². The number of nitrogens with one attached hydrogen (secondary N) is 3. The second-order valence-electron chi connectivity index (χ2n) is 8.38. The highest BCUT2D eigenvalue weighted by Gasteiger charge is 2.15. The van der Waals surface area contributed by atoms with Gasteiger partial charge in [-0.1, -0.05) is 31.7 Å². The average molecular weight is 481 g/mol. The number of hydrogen-bond acceptors (Lipinski definition) is 5. The van der Waals surface area contributed by atoms with E-state index in [-0.39, 0.29) is 0 Å². The van der Waals surface area contributed by atoms with Crippen LogP contribution in [-0.4, -0.2) is 38.2 Å². The van der Waals surface area contributed by atoms with Crippen LogP contribution in [0.25, 0.3) is 49.3 Å². The minimum absolute atomic E-state index is 0.686. The summed E-state index contributed by atoms with van der Waals surface area (Å²) in [7, 11) is 0. The van der Waals surface area contributed by atoms with Gasteiger partial charge in [-0.15, -0.1) is 11.3 Å². The Morgan fingerprint density at radius 3 is 2.80 bits per heavy atom. The topological polar surface area (TPSA) is 82.3 Å². The number of aryl methyl sites for hydroxylation is 1. The summed E-state index contributed by atoms with van der Waals surface area (Å²) >= 11 is 1.78. The van der Waals surface area contributed by atoms with Crippen molar-refractivity contribution in [1.29, 1.82) is 0 Å². The number of allylic oxidation sites excluding steroid dienone is 3. The maximum absolute atomic E-state index is 4.63. The number of nitrogens with zero attached hydrogens (tertiary/aromatic N) is 3. The van der Waals surface area contributed by atoms with Crippen molar-refractivity contribution in [1.82, 2.24) is 30.5 Å². The molecule has 5 aromatic rings. The van der Waals surface area contributed by atoms with Gasteiger partial charge in [0.15, 0.2) is 5.65 Å². The van der Waals surface area contributed by atoms with Crippen LogP contribution in [0.5, 0.6) is 0 Å². The molecule has 5 aromatic heterocycles. The minimum atomic E-state index is 0.686. The van der Waals surface area contributed by atoms with E-state index in [2.05, 4.69) is 87.3 Å². The Kier molecular flexibility index (Phi) is 6.44. The van der Waals surface area contributed by atoms with Gasteiger partial charge in [0, 0.05) is 50.6 Å². The maximum atomic E-state index is 4.63. The van der Waals surface area contributed by atoms with Gasteiger partial charge in [0.05, 0.1) is 23.1 Å². The standard InChI is InChI=1S/C28H28N6S/c1-5-18(13-29-7-3)10-19(6-2)20-11-22-27(33-34-28(22)31-14-20)24-12-21-23(15-30-16-25(21)32-24)26-9-8-17(4)35-26/h5-6,8-12,14-16,29,32H,1,7,13H2,2-4H3,(H,31,33,34)/b18-10+,19-6+. The molecule has 7 heteroatoms. The number of hydrogen-bond donors (Lipinski definition) is 3. The van der Waals surface area contributed by atoms with Crippen LogP contribution in [0.4, 0.5) is 0 Å². The molecule has 0 unspecified atom stereocenters. The Morgan fingerprint density at radius 1 is 1.17 bits per heavy atom. The Bertz CT molecular complexity index is 1580. The number of thiophene rings is 1. The van der Waals surface area contributed by atoms with Gasteiger partial charge in [0.25, 0.3) is 0 Å². The summed E-state index contributed by atoms with van der Waals surface area (Å²) < 4.78 is 0. The van der Waals surface area contributed by atoms with Crippen molar-refractivity contribution < 1.29 is 0 Å². The van der Waals surface area contributed by atoms with Gasteiger partial charge in [0.2, 0.25) is 0 Å².